The molecule has 0 bridgehead atoms. The molecular weight excluding hydrogens is 274 g/mol. The molecule has 3 N–H and O–H groups in total. The first-order valence-corrected chi connectivity index (χ1v) is 6.96. The highest BCUT2D eigenvalue weighted by molar-refractivity contribution is 8.01. The highest BCUT2D eigenvalue weighted by atomic mass is 32.2. The molecule has 1 rings (SSSR count). The first-order chi connectivity index (χ1) is 9.56. The van der Waals surface area contributed by atoms with Crippen LogP contribution in [0.4, 0.5) is 5.69 Å². The minimum atomic E-state index is -0.818. The zero-order chi connectivity index (χ0) is 15.0. The lowest BCUT2D eigenvalue weighted by atomic mass is 10.2. The van der Waals surface area contributed by atoms with Gasteiger partial charge < -0.3 is 15.1 Å². The van der Waals surface area contributed by atoms with Crippen LogP contribution in [0.15, 0.2) is 29.2 Å². The Labute approximate surface area is 123 Å². The Hall–Kier alpha value is -1.52. The molecule has 108 valence electrons. The van der Waals surface area contributed by atoms with Crippen molar-refractivity contribution < 1.29 is 10.2 Å². The summed E-state index contributed by atoms with van der Waals surface area (Å²) in [6.45, 7) is -0.0785. The van der Waals surface area contributed by atoms with Crippen molar-refractivity contribution in [2.45, 2.75) is 6.10 Å². The van der Waals surface area contributed by atoms with Crippen molar-refractivity contribution in [3.63, 3.8) is 0 Å². The van der Waals surface area contributed by atoms with Crippen LogP contribution in [-0.2, 0) is 0 Å². The van der Waals surface area contributed by atoms with E-state index < -0.39 is 6.10 Å². The number of anilines is 1. The van der Waals surface area contributed by atoms with Crippen molar-refractivity contribution in [1.82, 2.24) is 4.72 Å². The predicted molar refractivity (Wildman–Crippen MR) is 83.0 cm³/mol. The van der Waals surface area contributed by atoms with Crippen LogP contribution < -0.4 is 9.62 Å². The normalized spacial score (nSPS) is 12.8. The molecule has 0 aliphatic rings. The molecular formula is C14H19N3O2S. The van der Waals surface area contributed by atoms with E-state index in [9.17, 15) is 5.11 Å². The Morgan fingerprint density at radius 2 is 2.10 bits per heavy atom. The van der Waals surface area contributed by atoms with Gasteiger partial charge in [0.1, 0.15) is 11.0 Å². The van der Waals surface area contributed by atoms with Crippen LogP contribution in [0, 0.1) is 11.3 Å². The number of rotatable bonds is 7. The number of aliphatic hydroxyl groups excluding tert-OH is 2. The van der Waals surface area contributed by atoms with Gasteiger partial charge in [-0.3, -0.25) is 4.72 Å². The molecule has 0 aromatic heterocycles. The van der Waals surface area contributed by atoms with Crippen LogP contribution >= 0.6 is 11.9 Å². The van der Waals surface area contributed by atoms with Crippen molar-refractivity contribution in [3.05, 3.63) is 34.7 Å². The van der Waals surface area contributed by atoms with E-state index in [1.165, 1.54) is 0 Å². The molecule has 1 unspecified atom stereocenters. The summed E-state index contributed by atoms with van der Waals surface area (Å²) in [5.74, 6) is 0. The second-order valence-corrected chi connectivity index (χ2v) is 5.33. The monoisotopic (exact) mass is 293 g/mol. The van der Waals surface area contributed by atoms with Crippen molar-refractivity contribution in [1.29, 1.82) is 5.26 Å². The van der Waals surface area contributed by atoms with Gasteiger partial charge in [-0.15, -0.1) is 0 Å². The van der Waals surface area contributed by atoms with Crippen molar-refractivity contribution >= 4 is 23.7 Å². The average molecular weight is 293 g/mol. The van der Waals surface area contributed by atoms with Gasteiger partial charge in [0.15, 0.2) is 0 Å². The van der Waals surface area contributed by atoms with Gasteiger partial charge in [0.05, 0.1) is 12.7 Å². The smallest absolute Gasteiger partial charge is 0.107 e. The standard InChI is InChI=1S/C14H19N3O2S/c1-17(2)12-5-3-11(4-6-12)7-14(8-15)20-16-9-13(19)10-18/h3-7,13,16,18-19H,9-10H2,1-2H3/b14-7+. The first-order valence-electron chi connectivity index (χ1n) is 6.14. The zero-order valence-corrected chi connectivity index (χ0v) is 12.4. The molecule has 0 spiro atoms. The largest absolute Gasteiger partial charge is 0.394 e. The molecule has 0 aliphatic heterocycles. The highest BCUT2D eigenvalue weighted by Crippen LogP contribution is 2.18. The fraction of sp³-hybridized carbons (Fsp3) is 0.357. The van der Waals surface area contributed by atoms with E-state index in [2.05, 4.69) is 10.8 Å². The summed E-state index contributed by atoms with van der Waals surface area (Å²) in [6, 6.07) is 9.93. The molecule has 0 radical (unpaired) electrons. The number of nitriles is 1. The van der Waals surface area contributed by atoms with Crippen LogP contribution in [0.1, 0.15) is 5.56 Å². The molecule has 0 fully saturated rings. The molecule has 1 aromatic carbocycles. The Balaban J connectivity index is 2.62. The lowest BCUT2D eigenvalue weighted by molar-refractivity contribution is 0.0994. The summed E-state index contributed by atoms with van der Waals surface area (Å²) < 4.78 is 2.84. The van der Waals surface area contributed by atoms with E-state index in [-0.39, 0.29) is 13.2 Å². The molecule has 0 saturated carbocycles. The predicted octanol–water partition coefficient (Wildman–Crippen LogP) is 1.21. The molecule has 6 heteroatoms. The molecule has 0 aliphatic carbocycles. The molecule has 0 heterocycles. The topological polar surface area (TPSA) is 79.5 Å². The quantitative estimate of drug-likeness (QED) is 0.518. The van der Waals surface area contributed by atoms with E-state index in [4.69, 9.17) is 10.4 Å². The van der Waals surface area contributed by atoms with E-state index in [1.54, 1.807) is 6.08 Å². The SMILES string of the molecule is CN(C)c1ccc(/C=C(\C#N)SNCC(O)CO)cc1. The van der Waals surface area contributed by atoms with Gasteiger partial charge in [0, 0.05) is 26.3 Å². The summed E-state index contributed by atoms with van der Waals surface area (Å²) in [5.41, 5.74) is 2.03. The molecule has 20 heavy (non-hydrogen) atoms. The summed E-state index contributed by atoms with van der Waals surface area (Å²) in [4.78, 5) is 2.50. The maximum Gasteiger partial charge on any atom is 0.107 e. The van der Waals surface area contributed by atoms with Crippen LogP contribution in [0.2, 0.25) is 0 Å². The number of nitrogens with one attached hydrogen (secondary N) is 1. The number of hydrogen-bond donors (Lipinski definition) is 3. The van der Waals surface area contributed by atoms with E-state index in [1.807, 2.05) is 43.3 Å². The van der Waals surface area contributed by atoms with E-state index in [0.29, 0.717) is 4.91 Å². The Morgan fingerprint density at radius 1 is 1.45 bits per heavy atom. The summed E-state index contributed by atoms with van der Waals surface area (Å²) in [6.07, 6.45) is 0.949. The highest BCUT2D eigenvalue weighted by Gasteiger charge is 2.03. The van der Waals surface area contributed by atoms with Gasteiger partial charge in [-0.1, -0.05) is 12.1 Å². The summed E-state index contributed by atoms with van der Waals surface area (Å²) in [5, 5.41) is 26.9. The third-order valence-electron chi connectivity index (χ3n) is 2.53. The fourth-order valence-corrected chi connectivity index (χ4v) is 2.06. The van der Waals surface area contributed by atoms with Gasteiger partial charge >= 0.3 is 0 Å². The van der Waals surface area contributed by atoms with Crippen LogP contribution in [0.3, 0.4) is 0 Å². The minimum Gasteiger partial charge on any atom is -0.394 e. The lowest BCUT2D eigenvalue weighted by Crippen LogP contribution is -2.25. The second-order valence-electron chi connectivity index (χ2n) is 4.39. The zero-order valence-electron chi connectivity index (χ0n) is 11.6. The molecule has 5 nitrogen and oxygen atoms in total. The lowest BCUT2D eigenvalue weighted by Gasteiger charge is -2.12. The first kappa shape index (κ1) is 16.5. The Kier molecular flexibility index (Phi) is 7.12. The summed E-state index contributed by atoms with van der Waals surface area (Å²) >= 11 is 1.14. The van der Waals surface area contributed by atoms with Gasteiger partial charge in [-0.2, -0.15) is 5.26 Å². The van der Waals surface area contributed by atoms with E-state index >= 15 is 0 Å². The fourth-order valence-electron chi connectivity index (χ4n) is 1.38. The molecule has 1 aromatic rings. The van der Waals surface area contributed by atoms with Crippen molar-refractivity contribution in [3.8, 4) is 6.07 Å². The molecule has 1 atom stereocenters. The number of benzene rings is 1. The Morgan fingerprint density at radius 3 is 2.60 bits per heavy atom. The van der Waals surface area contributed by atoms with Crippen LogP contribution in [0.25, 0.3) is 6.08 Å². The van der Waals surface area contributed by atoms with E-state index in [0.717, 1.165) is 23.2 Å². The average Bonchev–Trinajstić information content (AvgIpc) is 2.46. The molecule has 0 amide bonds. The second kappa shape index (κ2) is 8.61. The van der Waals surface area contributed by atoms with Crippen molar-refractivity contribution in [2.24, 2.45) is 0 Å². The van der Waals surface area contributed by atoms with Crippen molar-refractivity contribution in [2.75, 3.05) is 32.1 Å². The van der Waals surface area contributed by atoms with Gasteiger partial charge in [-0.25, -0.2) is 0 Å². The van der Waals surface area contributed by atoms with Crippen LogP contribution in [0.5, 0.6) is 0 Å². The maximum absolute atomic E-state index is 9.18. The van der Waals surface area contributed by atoms with Crippen LogP contribution in [-0.4, -0.2) is 43.6 Å². The number of nitrogens with zero attached hydrogens (tertiary/aromatic N) is 2. The minimum absolute atomic E-state index is 0.222. The summed E-state index contributed by atoms with van der Waals surface area (Å²) in [7, 11) is 3.94. The third-order valence-corrected chi connectivity index (χ3v) is 3.27. The number of allylic oxidation sites excluding steroid dienone is 1. The van der Waals surface area contributed by atoms with Gasteiger partial charge in [-0.05, 0) is 35.7 Å². The maximum atomic E-state index is 9.18. The number of hydrogen-bond acceptors (Lipinski definition) is 6. The van der Waals surface area contributed by atoms with Gasteiger partial charge in [0.2, 0.25) is 0 Å². The Bertz CT molecular complexity index is 480. The molecule has 0 saturated heterocycles. The number of aliphatic hydroxyl groups is 2. The third kappa shape index (κ3) is 5.63. The van der Waals surface area contributed by atoms with Gasteiger partial charge in [0.25, 0.3) is 0 Å².